The maximum atomic E-state index is 11.7. The van der Waals surface area contributed by atoms with Crippen LogP contribution < -0.4 is 10.6 Å². The largest absolute Gasteiger partial charge is 0.444 e. The van der Waals surface area contributed by atoms with E-state index in [1.54, 1.807) is 0 Å². The average Bonchev–Trinajstić information content (AvgIpc) is 3.30. The SMILES string of the molecule is CCC(CNC(=O)OC(C)(C)C)NCc1cccc(C2CC2)c1. The Kier molecular flexibility index (Phi) is 6.05. The molecular weight excluding hydrogens is 288 g/mol. The van der Waals surface area contributed by atoms with E-state index in [0.717, 1.165) is 18.9 Å². The third-order valence-electron chi connectivity index (χ3n) is 3.98. The highest BCUT2D eigenvalue weighted by atomic mass is 16.6. The molecule has 128 valence electrons. The molecule has 1 fully saturated rings. The Bertz CT molecular complexity index is 518. The summed E-state index contributed by atoms with van der Waals surface area (Å²) in [6.45, 7) is 9.14. The second-order valence-electron chi connectivity index (χ2n) is 7.39. The summed E-state index contributed by atoms with van der Waals surface area (Å²) in [5.41, 5.74) is 2.32. The molecule has 1 aliphatic rings. The summed E-state index contributed by atoms with van der Waals surface area (Å²) in [5.74, 6) is 0.783. The fraction of sp³-hybridized carbons (Fsp3) is 0.632. The molecule has 1 unspecified atom stereocenters. The molecule has 0 aromatic heterocycles. The van der Waals surface area contributed by atoms with E-state index in [1.807, 2.05) is 20.8 Å². The van der Waals surface area contributed by atoms with Crippen molar-refractivity contribution in [1.82, 2.24) is 10.6 Å². The van der Waals surface area contributed by atoms with Gasteiger partial charge in [-0.1, -0.05) is 31.2 Å². The van der Waals surface area contributed by atoms with Crippen LogP contribution in [0.5, 0.6) is 0 Å². The second kappa shape index (κ2) is 7.82. The molecule has 0 saturated heterocycles. The van der Waals surface area contributed by atoms with Crippen LogP contribution in [0.3, 0.4) is 0 Å². The smallest absolute Gasteiger partial charge is 0.407 e. The van der Waals surface area contributed by atoms with E-state index in [1.165, 1.54) is 24.0 Å². The van der Waals surface area contributed by atoms with Crippen LogP contribution in [0.1, 0.15) is 64.0 Å². The van der Waals surface area contributed by atoms with Gasteiger partial charge in [0.15, 0.2) is 0 Å². The van der Waals surface area contributed by atoms with Gasteiger partial charge in [0, 0.05) is 19.1 Å². The van der Waals surface area contributed by atoms with Crippen LogP contribution in [-0.2, 0) is 11.3 Å². The third-order valence-corrected chi connectivity index (χ3v) is 3.98. The maximum absolute atomic E-state index is 11.7. The molecule has 2 rings (SSSR count). The first kappa shape index (κ1) is 17.8. The van der Waals surface area contributed by atoms with Crippen molar-refractivity contribution in [3.05, 3.63) is 35.4 Å². The molecule has 4 nitrogen and oxygen atoms in total. The monoisotopic (exact) mass is 318 g/mol. The summed E-state index contributed by atoms with van der Waals surface area (Å²) in [5, 5.41) is 6.36. The van der Waals surface area contributed by atoms with Gasteiger partial charge in [-0.05, 0) is 57.1 Å². The van der Waals surface area contributed by atoms with Gasteiger partial charge in [0.25, 0.3) is 0 Å². The predicted molar refractivity (Wildman–Crippen MR) is 93.6 cm³/mol. The lowest BCUT2D eigenvalue weighted by molar-refractivity contribution is 0.0522. The molecule has 1 saturated carbocycles. The van der Waals surface area contributed by atoms with E-state index in [4.69, 9.17) is 4.74 Å². The lowest BCUT2D eigenvalue weighted by Crippen LogP contribution is -2.42. The Morgan fingerprint density at radius 2 is 2.09 bits per heavy atom. The number of amides is 1. The summed E-state index contributed by atoms with van der Waals surface area (Å²) < 4.78 is 5.27. The van der Waals surface area contributed by atoms with Crippen LogP contribution in [0.25, 0.3) is 0 Å². The molecule has 1 amide bonds. The Labute approximate surface area is 140 Å². The molecule has 0 heterocycles. The van der Waals surface area contributed by atoms with Crippen molar-refractivity contribution >= 4 is 6.09 Å². The average molecular weight is 318 g/mol. The van der Waals surface area contributed by atoms with Gasteiger partial charge in [-0.2, -0.15) is 0 Å². The summed E-state index contributed by atoms with van der Waals surface area (Å²) in [4.78, 5) is 11.7. The second-order valence-corrected chi connectivity index (χ2v) is 7.39. The number of alkyl carbamates (subject to hydrolysis) is 1. The Morgan fingerprint density at radius 3 is 2.70 bits per heavy atom. The molecule has 4 heteroatoms. The van der Waals surface area contributed by atoms with Gasteiger partial charge in [-0.25, -0.2) is 4.79 Å². The number of carbonyl (C=O) groups excluding carboxylic acids is 1. The molecule has 23 heavy (non-hydrogen) atoms. The van der Waals surface area contributed by atoms with Crippen LogP contribution in [0, 0.1) is 0 Å². The van der Waals surface area contributed by atoms with Crippen molar-refractivity contribution in [2.45, 2.75) is 71.1 Å². The molecule has 1 aromatic carbocycles. The predicted octanol–water partition coefficient (Wildman–Crippen LogP) is 3.96. The molecular formula is C19H30N2O2. The van der Waals surface area contributed by atoms with Crippen molar-refractivity contribution in [2.75, 3.05) is 6.54 Å². The highest BCUT2D eigenvalue weighted by Gasteiger charge is 2.23. The number of benzene rings is 1. The van der Waals surface area contributed by atoms with Crippen molar-refractivity contribution in [1.29, 1.82) is 0 Å². The van der Waals surface area contributed by atoms with Gasteiger partial charge in [0.2, 0.25) is 0 Å². The van der Waals surface area contributed by atoms with Crippen molar-refractivity contribution < 1.29 is 9.53 Å². The Morgan fingerprint density at radius 1 is 1.35 bits per heavy atom. The first-order chi connectivity index (χ1) is 10.9. The van der Waals surface area contributed by atoms with E-state index in [2.05, 4.69) is 41.8 Å². The topological polar surface area (TPSA) is 50.4 Å². The lowest BCUT2D eigenvalue weighted by Gasteiger charge is -2.22. The zero-order chi connectivity index (χ0) is 16.9. The molecule has 0 spiro atoms. The Hall–Kier alpha value is -1.55. The number of ether oxygens (including phenoxy) is 1. The molecule has 1 aliphatic carbocycles. The zero-order valence-corrected chi connectivity index (χ0v) is 14.8. The van der Waals surface area contributed by atoms with Crippen LogP contribution in [0.15, 0.2) is 24.3 Å². The first-order valence-electron chi connectivity index (χ1n) is 8.66. The van der Waals surface area contributed by atoms with E-state index in [9.17, 15) is 4.79 Å². The number of rotatable bonds is 7. The zero-order valence-electron chi connectivity index (χ0n) is 14.8. The number of hydrogen-bond donors (Lipinski definition) is 2. The van der Waals surface area contributed by atoms with Crippen LogP contribution >= 0.6 is 0 Å². The summed E-state index contributed by atoms with van der Waals surface area (Å²) in [6, 6.07) is 9.07. The standard InChI is InChI=1S/C19H30N2O2/c1-5-17(13-21-18(22)23-19(2,3)4)20-12-14-7-6-8-16(11-14)15-9-10-15/h6-8,11,15,17,20H,5,9-10,12-13H2,1-4H3,(H,21,22). The van der Waals surface area contributed by atoms with Gasteiger partial charge in [0.05, 0.1) is 0 Å². The number of hydrogen-bond acceptors (Lipinski definition) is 3. The summed E-state index contributed by atoms with van der Waals surface area (Å²) in [6.07, 6.45) is 3.26. The van der Waals surface area contributed by atoms with E-state index >= 15 is 0 Å². The minimum Gasteiger partial charge on any atom is -0.444 e. The maximum Gasteiger partial charge on any atom is 0.407 e. The minimum absolute atomic E-state index is 0.243. The molecule has 0 bridgehead atoms. The Balaban J connectivity index is 1.76. The fourth-order valence-electron chi connectivity index (χ4n) is 2.52. The summed E-state index contributed by atoms with van der Waals surface area (Å²) in [7, 11) is 0. The highest BCUT2D eigenvalue weighted by molar-refractivity contribution is 5.67. The summed E-state index contributed by atoms with van der Waals surface area (Å²) >= 11 is 0. The number of carbonyl (C=O) groups is 1. The fourth-order valence-corrected chi connectivity index (χ4v) is 2.52. The van der Waals surface area contributed by atoms with Crippen LogP contribution in [0.2, 0.25) is 0 Å². The van der Waals surface area contributed by atoms with Gasteiger partial charge in [-0.15, -0.1) is 0 Å². The quantitative estimate of drug-likeness (QED) is 0.800. The van der Waals surface area contributed by atoms with E-state index in [0.29, 0.717) is 6.54 Å². The highest BCUT2D eigenvalue weighted by Crippen LogP contribution is 2.40. The molecule has 0 radical (unpaired) electrons. The van der Waals surface area contributed by atoms with E-state index < -0.39 is 5.60 Å². The van der Waals surface area contributed by atoms with Crippen LogP contribution in [0.4, 0.5) is 4.79 Å². The molecule has 0 aliphatic heterocycles. The van der Waals surface area contributed by atoms with Gasteiger partial charge >= 0.3 is 6.09 Å². The van der Waals surface area contributed by atoms with Crippen molar-refractivity contribution in [2.24, 2.45) is 0 Å². The van der Waals surface area contributed by atoms with Gasteiger partial charge < -0.3 is 15.4 Å². The normalized spacial score (nSPS) is 16.0. The van der Waals surface area contributed by atoms with Gasteiger partial charge in [-0.3, -0.25) is 0 Å². The van der Waals surface area contributed by atoms with Crippen LogP contribution in [-0.4, -0.2) is 24.3 Å². The molecule has 1 aromatic rings. The van der Waals surface area contributed by atoms with Crippen molar-refractivity contribution in [3.8, 4) is 0 Å². The lowest BCUT2D eigenvalue weighted by atomic mass is 10.1. The number of nitrogens with one attached hydrogen (secondary N) is 2. The molecule has 1 atom stereocenters. The minimum atomic E-state index is -0.456. The van der Waals surface area contributed by atoms with Gasteiger partial charge in [0.1, 0.15) is 5.60 Å². The first-order valence-corrected chi connectivity index (χ1v) is 8.66. The molecule has 2 N–H and O–H groups in total. The third kappa shape index (κ3) is 6.61. The van der Waals surface area contributed by atoms with Crippen molar-refractivity contribution in [3.63, 3.8) is 0 Å². The van der Waals surface area contributed by atoms with E-state index in [-0.39, 0.29) is 12.1 Å².